The molecule has 1 fully saturated rings. The van der Waals surface area contributed by atoms with Gasteiger partial charge < -0.3 is 20.4 Å². The summed E-state index contributed by atoms with van der Waals surface area (Å²) >= 11 is 0. The number of likely N-dealkylation sites (tertiary alicyclic amines) is 1. The quantitative estimate of drug-likeness (QED) is 0.749. The smallest absolute Gasteiger partial charge is 0.326 e. The molecule has 2 amide bonds. The van der Waals surface area contributed by atoms with E-state index in [1.807, 2.05) is 6.07 Å². The van der Waals surface area contributed by atoms with Gasteiger partial charge in [0.05, 0.1) is 17.4 Å². The van der Waals surface area contributed by atoms with Crippen LogP contribution in [0.3, 0.4) is 0 Å². The van der Waals surface area contributed by atoms with Crippen LogP contribution in [0.4, 0.5) is 10.5 Å². The van der Waals surface area contributed by atoms with E-state index in [-0.39, 0.29) is 13.0 Å². The normalized spacial score (nSPS) is 20.9. The summed E-state index contributed by atoms with van der Waals surface area (Å²) in [7, 11) is 0. The van der Waals surface area contributed by atoms with Gasteiger partial charge in [0.25, 0.3) is 0 Å². The van der Waals surface area contributed by atoms with Crippen molar-refractivity contribution in [1.29, 1.82) is 5.26 Å². The Morgan fingerprint density at radius 1 is 1.48 bits per heavy atom. The van der Waals surface area contributed by atoms with E-state index in [4.69, 9.17) is 10.4 Å². The van der Waals surface area contributed by atoms with Gasteiger partial charge in [0.15, 0.2) is 0 Å². The number of carboxylic acid groups (broad SMARTS) is 1. The molecule has 0 aliphatic carbocycles. The average Bonchev–Trinajstić information content (AvgIpc) is 2.81. The summed E-state index contributed by atoms with van der Waals surface area (Å²) in [5.74, 6) is -1.16. The lowest BCUT2D eigenvalue weighted by molar-refractivity contribution is -0.141. The van der Waals surface area contributed by atoms with Crippen molar-refractivity contribution in [3.8, 4) is 6.07 Å². The Labute approximate surface area is 121 Å². The summed E-state index contributed by atoms with van der Waals surface area (Å²) in [6.07, 6.45) is -0.855. The minimum atomic E-state index is -1.16. The first-order valence-electron chi connectivity index (χ1n) is 6.42. The Bertz CT molecular complexity index is 623. The number of aliphatic carboxylic acids is 1. The van der Waals surface area contributed by atoms with Crippen LogP contribution in [0.1, 0.15) is 17.5 Å². The van der Waals surface area contributed by atoms with Gasteiger partial charge in [0.2, 0.25) is 0 Å². The van der Waals surface area contributed by atoms with Gasteiger partial charge in [-0.1, -0.05) is 12.1 Å². The maximum Gasteiger partial charge on any atom is 0.326 e. The predicted octanol–water partition coefficient (Wildman–Crippen LogP) is 0.918. The Kier molecular flexibility index (Phi) is 4.10. The number of amides is 2. The second kappa shape index (κ2) is 5.81. The molecule has 1 aromatic carbocycles. The summed E-state index contributed by atoms with van der Waals surface area (Å²) in [4.78, 5) is 24.4. The second-order valence-corrected chi connectivity index (χ2v) is 4.94. The van der Waals surface area contributed by atoms with Crippen LogP contribution in [-0.2, 0) is 4.79 Å². The number of aliphatic hydroxyl groups excluding tert-OH is 1. The van der Waals surface area contributed by atoms with Crippen molar-refractivity contribution in [2.75, 3.05) is 11.9 Å². The van der Waals surface area contributed by atoms with Crippen molar-refractivity contribution < 1.29 is 19.8 Å². The highest BCUT2D eigenvalue weighted by Crippen LogP contribution is 2.22. The van der Waals surface area contributed by atoms with Crippen molar-refractivity contribution >= 4 is 17.7 Å². The van der Waals surface area contributed by atoms with Gasteiger partial charge >= 0.3 is 12.0 Å². The van der Waals surface area contributed by atoms with Gasteiger partial charge in [-0.15, -0.1) is 0 Å². The molecule has 1 heterocycles. The molecular formula is C14H15N3O4. The summed E-state index contributed by atoms with van der Waals surface area (Å²) in [6, 6.07) is 5.32. The Morgan fingerprint density at radius 2 is 2.19 bits per heavy atom. The first kappa shape index (κ1) is 14.8. The molecule has 0 spiro atoms. The third-order valence-electron chi connectivity index (χ3n) is 3.45. The van der Waals surface area contributed by atoms with Crippen molar-refractivity contribution in [3.05, 3.63) is 29.3 Å². The summed E-state index contributed by atoms with van der Waals surface area (Å²) in [5, 5.41) is 30.3. The molecule has 1 saturated heterocycles. The molecule has 0 bridgehead atoms. The molecule has 3 N–H and O–H groups in total. The number of benzene rings is 1. The van der Waals surface area contributed by atoms with E-state index in [9.17, 15) is 14.7 Å². The highest BCUT2D eigenvalue weighted by atomic mass is 16.4. The number of hydrogen-bond donors (Lipinski definition) is 3. The number of hydrogen-bond acceptors (Lipinski definition) is 4. The number of carbonyl (C=O) groups excluding carboxylic acids is 1. The van der Waals surface area contributed by atoms with Crippen LogP contribution in [0, 0.1) is 18.3 Å². The lowest BCUT2D eigenvalue weighted by atomic mass is 10.1. The third kappa shape index (κ3) is 2.95. The zero-order valence-corrected chi connectivity index (χ0v) is 11.4. The number of nitrogens with zero attached hydrogens (tertiary/aromatic N) is 2. The predicted molar refractivity (Wildman–Crippen MR) is 73.7 cm³/mol. The lowest BCUT2D eigenvalue weighted by Gasteiger charge is -2.22. The largest absolute Gasteiger partial charge is 0.480 e. The van der Waals surface area contributed by atoms with Crippen molar-refractivity contribution in [1.82, 2.24) is 4.90 Å². The van der Waals surface area contributed by atoms with Crippen LogP contribution >= 0.6 is 0 Å². The molecular weight excluding hydrogens is 274 g/mol. The molecule has 21 heavy (non-hydrogen) atoms. The summed E-state index contributed by atoms with van der Waals surface area (Å²) < 4.78 is 0. The number of nitrogens with one attached hydrogen (secondary N) is 1. The van der Waals surface area contributed by atoms with Crippen LogP contribution in [-0.4, -0.2) is 45.8 Å². The highest BCUT2D eigenvalue weighted by molar-refractivity contribution is 5.94. The van der Waals surface area contributed by atoms with Crippen molar-refractivity contribution in [2.24, 2.45) is 0 Å². The second-order valence-electron chi connectivity index (χ2n) is 4.94. The van der Waals surface area contributed by atoms with Crippen molar-refractivity contribution in [3.63, 3.8) is 0 Å². The fraction of sp³-hybridized carbons (Fsp3) is 0.357. The number of aryl methyl sites for hydroxylation is 1. The minimum Gasteiger partial charge on any atom is -0.480 e. The van der Waals surface area contributed by atoms with E-state index in [0.717, 1.165) is 4.90 Å². The molecule has 0 radical (unpaired) electrons. The molecule has 2 rings (SSSR count). The molecule has 1 aliphatic rings. The Hall–Kier alpha value is -2.59. The minimum absolute atomic E-state index is 0.00166. The fourth-order valence-corrected chi connectivity index (χ4v) is 2.38. The summed E-state index contributed by atoms with van der Waals surface area (Å²) in [6.45, 7) is 1.70. The van der Waals surface area contributed by atoms with Gasteiger partial charge in [-0.3, -0.25) is 0 Å². The number of carboxylic acids is 1. The van der Waals surface area contributed by atoms with Crippen LogP contribution in [0.5, 0.6) is 0 Å². The van der Waals surface area contributed by atoms with Crippen LogP contribution in [0.25, 0.3) is 0 Å². The van der Waals surface area contributed by atoms with E-state index in [0.29, 0.717) is 16.8 Å². The summed E-state index contributed by atoms with van der Waals surface area (Å²) in [5.41, 5.74) is 1.37. The van der Waals surface area contributed by atoms with E-state index in [1.165, 1.54) is 0 Å². The SMILES string of the molecule is Cc1cccc(NC(=O)N2C[C@H](O)C[C@H]2C(=O)O)c1C#N. The average molecular weight is 289 g/mol. The molecule has 1 aliphatic heterocycles. The van der Waals surface area contributed by atoms with E-state index < -0.39 is 24.1 Å². The number of anilines is 1. The van der Waals surface area contributed by atoms with Gasteiger partial charge in [0.1, 0.15) is 12.1 Å². The maximum absolute atomic E-state index is 12.2. The van der Waals surface area contributed by atoms with Crippen LogP contribution in [0.2, 0.25) is 0 Å². The third-order valence-corrected chi connectivity index (χ3v) is 3.45. The number of aliphatic hydroxyl groups is 1. The Morgan fingerprint density at radius 3 is 2.81 bits per heavy atom. The first-order chi connectivity index (χ1) is 9.93. The fourth-order valence-electron chi connectivity index (χ4n) is 2.38. The van der Waals surface area contributed by atoms with E-state index in [1.54, 1.807) is 25.1 Å². The first-order valence-corrected chi connectivity index (χ1v) is 6.42. The maximum atomic E-state index is 12.2. The number of rotatable bonds is 2. The van der Waals surface area contributed by atoms with E-state index >= 15 is 0 Å². The molecule has 0 saturated carbocycles. The van der Waals surface area contributed by atoms with Crippen molar-refractivity contribution in [2.45, 2.75) is 25.5 Å². The topological polar surface area (TPSA) is 114 Å². The molecule has 0 unspecified atom stereocenters. The number of urea groups is 1. The van der Waals surface area contributed by atoms with Gasteiger partial charge in [-0.25, -0.2) is 9.59 Å². The zero-order chi connectivity index (χ0) is 15.6. The molecule has 0 aromatic heterocycles. The number of β-amino-alcohol motifs (C(OH)–C–C–N with tert-alkyl or cyclic N) is 1. The van der Waals surface area contributed by atoms with E-state index in [2.05, 4.69) is 5.32 Å². The molecule has 1 aromatic rings. The van der Waals surface area contributed by atoms with Crippen LogP contribution in [0.15, 0.2) is 18.2 Å². The number of carbonyl (C=O) groups is 2. The monoisotopic (exact) mass is 289 g/mol. The molecule has 2 atom stereocenters. The van der Waals surface area contributed by atoms with Gasteiger partial charge in [-0.2, -0.15) is 5.26 Å². The standard InChI is InChI=1S/C14H15N3O4/c1-8-3-2-4-11(10(8)6-15)16-14(21)17-7-9(18)5-12(17)13(19)20/h2-4,9,12,18H,5,7H2,1H3,(H,16,21)(H,19,20)/t9-,12+/m1/s1. The number of nitriles is 1. The van der Waals surface area contributed by atoms with Crippen LogP contribution < -0.4 is 5.32 Å². The Balaban J connectivity index is 2.21. The van der Waals surface area contributed by atoms with Gasteiger partial charge in [-0.05, 0) is 18.6 Å². The van der Waals surface area contributed by atoms with Gasteiger partial charge in [0, 0.05) is 13.0 Å². The molecule has 7 heteroatoms. The molecule has 110 valence electrons. The lowest BCUT2D eigenvalue weighted by Crippen LogP contribution is -2.43. The molecule has 7 nitrogen and oxygen atoms in total. The zero-order valence-electron chi connectivity index (χ0n) is 11.4. The highest BCUT2D eigenvalue weighted by Gasteiger charge is 2.39.